The molecule has 0 aliphatic rings. The summed E-state index contributed by atoms with van der Waals surface area (Å²) < 4.78 is 13.3. The van der Waals surface area contributed by atoms with E-state index in [4.69, 9.17) is 0 Å². The van der Waals surface area contributed by atoms with Gasteiger partial charge in [0.05, 0.1) is 6.67 Å². The summed E-state index contributed by atoms with van der Waals surface area (Å²) in [7, 11) is 1.79. The van der Waals surface area contributed by atoms with Gasteiger partial charge in [-0.15, -0.1) is 0 Å². The van der Waals surface area contributed by atoms with Crippen LogP contribution in [-0.4, -0.2) is 27.2 Å². The van der Waals surface area contributed by atoms with Gasteiger partial charge in [0.1, 0.15) is 6.33 Å². The highest BCUT2D eigenvalue weighted by atomic mass is 32.2. The van der Waals surface area contributed by atoms with Crippen LogP contribution in [0.25, 0.3) is 0 Å². The van der Waals surface area contributed by atoms with Crippen molar-refractivity contribution in [1.29, 1.82) is 0 Å². The zero-order chi connectivity index (χ0) is 7.40. The lowest BCUT2D eigenvalue weighted by atomic mass is 10.9. The van der Waals surface area contributed by atoms with E-state index in [-0.39, 0.29) is 6.67 Å². The van der Waals surface area contributed by atoms with Gasteiger partial charge in [0.2, 0.25) is 0 Å². The number of hydrogen-bond donors (Lipinski definition) is 0. The lowest BCUT2D eigenvalue weighted by Gasteiger charge is -1.94. The first kappa shape index (κ1) is 7.53. The van der Waals surface area contributed by atoms with E-state index in [0.717, 1.165) is 5.16 Å². The summed E-state index contributed by atoms with van der Waals surface area (Å²) >= 11 is 1.37. The van der Waals surface area contributed by atoms with Gasteiger partial charge in [0.25, 0.3) is 0 Å². The third-order valence-electron chi connectivity index (χ3n) is 0.978. The minimum atomic E-state index is -0.322. The molecule has 1 aromatic heterocycles. The van der Waals surface area contributed by atoms with E-state index in [1.807, 2.05) is 0 Å². The Hall–Kier alpha value is -0.580. The zero-order valence-corrected chi connectivity index (χ0v) is 6.44. The number of hydrogen-bond acceptors (Lipinski definition) is 3. The molecule has 0 saturated heterocycles. The van der Waals surface area contributed by atoms with Crippen molar-refractivity contribution in [3.63, 3.8) is 0 Å². The molecule has 0 bridgehead atoms. The molecule has 0 radical (unpaired) electrons. The molecule has 56 valence electrons. The molecule has 0 unspecified atom stereocenters. The number of rotatable bonds is 3. The smallest absolute Gasteiger partial charge is 0.185 e. The molecule has 0 atom stereocenters. The highest BCUT2D eigenvalue weighted by Gasteiger charge is 1.98. The van der Waals surface area contributed by atoms with Crippen LogP contribution in [0.2, 0.25) is 0 Å². The van der Waals surface area contributed by atoms with E-state index in [2.05, 4.69) is 10.1 Å². The fourth-order valence-electron chi connectivity index (χ4n) is 0.546. The summed E-state index contributed by atoms with van der Waals surface area (Å²) in [6.07, 6.45) is 1.46. The third kappa shape index (κ3) is 1.70. The molecule has 0 amide bonds. The van der Waals surface area contributed by atoms with Crippen LogP contribution in [0.3, 0.4) is 0 Å². The minimum Gasteiger partial charge on any atom is -0.250 e. The first-order valence-electron chi connectivity index (χ1n) is 2.87. The van der Waals surface area contributed by atoms with Crippen molar-refractivity contribution in [2.24, 2.45) is 7.05 Å². The van der Waals surface area contributed by atoms with E-state index in [9.17, 15) is 4.39 Å². The Bertz CT molecular complexity index is 201. The van der Waals surface area contributed by atoms with E-state index >= 15 is 0 Å². The van der Waals surface area contributed by atoms with Crippen molar-refractivity contribution in [2.45, 2.75) is 5.16 Å². The SMILES string of the molecule is Cn1ncnc1SCCF. The van der Waals surface area contributed by atoms with E-state index in [1.54, 1.807) is 11.7 Å². The Labute approximate surface area is 62.6 Å². The summed E-state index contributed by atoms with van der Waals surface area (Å²) in [5.41, 5.74) is 0. The Morgan fingerprint density at radius 1 is 1.80 bits per heavy atom. The summed E-state index contributed by atoms with van der Waals surface area (Å²) in [5, 5.41) is 4.59. The average molecular weight is 161 g/mol. The molecule has 5 heteroatoms. The molecule has 0 N–H and O–H groups in total. The Morgan fingerprint density at radius 3 is 3.10 bits per heavy atom. The molecule has 0 saturated carbocycles. The molecule has 0 aliphatic heterocycles. The molecule has 0 aliphatic carbocycles. The molecular weight excluding hydrogens is 153 g/mol. The maximum Gasteiger partial charge on any atom is 0.185 e. The van der Waals surface area contributed by atoms with Crippen molar-refractivity contribution >= 4 is 11.8 Å². The molecule has 10 heavy (non-hydrogen) atoms. The molecule has 0 aromatic carbocycles. The lowest BCUT2D eigenvalue weighted by Crippen LogP contribution is -1.93. The fraction of sp³-hybridized carbons (Fsp3) is 0.600. The normalized spacial score (nSPS) is 10.2. The van der Waals surface area contributed by atoms with Crippen molar-refractivity contribution in [3.8, 4) is 0 Å². The molecule has 3 nitrogen and oxygen atoms in total. The third-order valence-corrected chi connectivity index (χ3v) is 1.96. The van der Waals surface area contributed by atoms with Crippen molar-refractivity contribution in [3.05, 3.63) is 6.33 Å². The van der Waals surface area contributed by atoms with Gasteiger partial charge < -0.3 is 0 Å². The van der Waals surface area contributed by atoms with Gasteiger partial charge in [-0.25, -0.2) is 9.67 Å². The van der Waals surface area contributed by atoms with Crippen LogP contribution < -0.4 is 0 Å². The van der Waals surface area contributed by atoms with Crippen molar-refractivity contribution < 1.29 is 4.39 Å². The van der Waals surface area contributed by atoms with E-state index in [0.29, 0.717) is 5.75 Å². The molecule has 0 spiro atoms. The fourth-order valence-corrected chi connectivity index (χ4v) is 1.16. The van der Waals surface area contributed by atoms with Gasteiger partial charge in [0.15, 0.2) is 5.16 Å². The Balaban J connectivity index is 2.49. The van der Waals surface area contributed by atoms with E-state index in [1.165, 1.54) is 18.1 Å². The number of alkyl halides is 1. The zero-order valence-electron chi connectivity index (χ0n) is 5.62. The summed E-state index contributed by atoms with van der Waals surface area (Å²) in [5.74, 6) is 0.451. The first-order chi connectivity index (χ1) is 4.84. The largest absolute Gasteiger partial charge is 0.250 e. The van der Waals surface area contributed by atoms with Gasteiger partial charge >= 0.3 is 0 Å². The highest BCUT2D eigenvalue weighted by Crippen LogP contribution is 2.11. The second kappa shape index (κ2) is 3.55. The average Bonchev–Trinajstić information content (AvgIpc) is 2.31. The molecule has 1 rings (SSSR count). The van der Waals surface area contributed by atoms with Crippen LogP contribution in [0.1, 0.15) is 0 Å². The van der Waals surface area contributed by atoms with Gasteiger partial charge in [-0.2, -0.15) is 5.10 Å². The number of halogens is 1. The Kier molecular flexibility index (Phi) is 2.68. The predicted molar refractivity (Wildman–Crippen MR) is 37.7 cm³/mol. The number of aromatic nitrogens is 3. The lowest BCUT2D eigenvalue weighted by molar-refractivity contribution is 0.532. The summed E-state index contributed by atoms with van der Waals surface area (Å²) in [6, 6.07) is 0. The van der Waals surface area contributed by atoms with Crippen LogP contribution in [0.5, 0.6) is 0 Å². The van der Waals surface area contributed by atoms with Crippen LogP contribution in [0, 0.1) is 0 Å². The van der Waals surface area contributed by atoms with Crippen molar-refractivity contribution in [2.75, 3.05) is 12.4 Å². The van der Waals surface area contributed by atoms with Gasteiger partial charge in [-0.1, -0.05) is 11.8 Å². The topological polar surface area (TPSA) is 30.7 Å². The van der Waals surface area contributed by atoms with Crippen LogP contribution in [-0.2, 0) is 7.05 Å². The Morgan fingerprint density at radius 2 is 2.60 bits per heavy atom. The van der Waals surface area contributed by atoms with Crippen LogP contribution >= 0.6 is 11.8 Å². The monoisotopic (exact) mass is 161 g/mol. The highest BCUT2D eigenvalue weighted by molar-refractivity contribution is 7.99. The van der Waals surface area contributed by atoms with Gasteiger partial charge in [0, 0.05) is 12.8 Å². The number of thioether (sulfide) groups is 1. The second-order valence-corrected chi connectivity index (χ2v) is 2.77. The summed E-state index contributed by atoms with van der Waals surface area (Å²) in [6.45, 7) is -0.322. The minimum absolute atomic E-state index is 0.322. The van der Waals surface area contributed by atoms with Crippen LogP contribution in [0.15, 0.2) is 11.5 Å². The molecule has 1 heterocycles. The van der Waals surface area contributed by atoms with E-state index < -0.39 is 0 Å². The van der Waals surface area contributed by atoms with Gasteiger partial charge in [-0.05, 0) is 0 Å². The molecule has 1 aromatic rings. The van der Waals surface area contributed by atoms with Gasteiger partial charge in [-0.3, -0.25) is 4.39 Å². The maximum absolute atomic E-state index is 11.6. The number of aryl methyl sites for hydroxylation is 1. The van der Waals surface area contributed by atoms with Crippen LogP contribution in [0.4, 0.5) is 4.39 Å². The quantitative estimate of drug-likeness (QED) is 0.616. The summed E-state index contributed by atoms with van der Waals surface area (Å²) in [4.78, 5) is 3.90. The first-order valence-corrected chi connectivity index (χ1v) is 3.86. The molecular formula is C5H8FN3S. The van der Waals surface area contributed by atoms with Crippen molar-refractivity contribution in [1.82, 2.24) is 14.8 Å². The predicted octanol–water partition coefficient (Wildman–Crippen LogP) is 0.877. The maximum atomic E-state index is 11.6. The standard InChI is InChI=1S/C5H8FN3S/c1-9-5(7-4-8-9)10-3-2-6/h4H,2-3H2,1H3. The number of nitrogens with zero attached hydrogens (tertiary/aromatic N) is 3. The molecule has 0 fully saturated rings. The second-order valence-electron chi connectivity index (χ2n) is 1.70.